The Hall–Kier alpha value is -9.51. The third-order valence-electron chi connectivity index (χ3n) is 16.7. The van der Waals surface area contributed by atoms with E-state index in [9.17, 15) is 61.1 Å². The number of amides is 8. The van der Waals surface area contributed by atoms with E-state index in [1.165, 1.54) is 55.4 Å². The molecule has 1 saturated heterocycles. The summed E-state index contributed by atoms with van der Waals surface area (Å²) in [6.07, 6.45) is 8.40. The number of carbonyl (C=O) groups excluding carboxylic acids is 9. The number of ether oxygens (including phenoxy) is 7. The number of furan rings is 2. The van der Waals surface area contributed by atoms with Crippen LogP contribution in [0.4, 0.5) is 27.6 Å². The lowest BCUT2D eigenvalue weighted by atomic mass is 9.95. The molecule has 0 bridgehead atoms. The van der Waals surface area contributed by atoms with Crippen LogP contribution in [0.3, 0.4) is 0 Å². The van der Waals surface area contributed by atoms with E-state index in [1.807, 2.05) is 59.0 Å². The zero-order chi connectivity index (χ0) is 75.5. The highest BCUT2D eigenvalue weighted by molar-refractivity contribution is 14.1. The van der Waals surface area contributed by atoms with Gasteiger partial charge in [0.2, 0.25) is 16.5 Å². The van der Waals surface area contributed by atoms with E-state index in [2.05, 4.69) is 96.8 Å². The van der Waals surface area contributed by atoms with Crippen LogP contribution < -0.4 is 40.9 Å². The Kier molecular flexibility index (Phi) is 23.8. The summed E-state index contributed by atoms with van der Waals surface area (Å²) in [5, 5.41) is 10.7. The fourth-order valence-electron chi connectivity index (χ4n) is 11.4. The number of carbonyl (C=O) groups is 9. The Morgan fingerprint density at radius 3 is 1.52 bits per heavy atom. The molecule has 4 aliphatic heterocycles. The summed E-state index contributed by atoms with van der Waals surface area (Å²) in [6.45, 7) is 4.46. The van der Waals surface area contributed by atoms with Crippen LogP contribution in [-0.2, 0) is 64.0 Å². The normalized spacial score (nSPS) is 15.8. The lowest BCUT2D eigenvalue weighted by Gasteiger charge is -2.33. The molecule has 8 amide bonds. The highest BCUT2D eigenvalue weighted by Gasteiger charge is 2.54. The molecule has 0 spiro atoms. The predicted molar refractivity (Wildman–Crippen MR) is 390 cm³/mol. The average molecular weight is 1870 g/mol. The van der Waals surface area contributed by atoms with Crippen molar-refractivity contribution in [2.75, 3.05) is 69.4 Å². The maximum absolute atomic E-state index is 14.9. The Bertz CT molecular complexity index is 4950. The fourth-order valence-corrected chi connectivity index (χ4v) is 13.9. The van der Waals surface area contributed by atoms with Gasteiger partial charge in [-0.2, -0.15) is 0 Å². The molecule has 36 heteroatoms. The summed E-state index contributed by atoms with van der Waals surface area (Å²) in [5.74, 6) is -4.79. The first-order chi connectivity index (χ1) is 48.9. The lowest BCUT2D eigenvalue weighted by molar-refractivity contribution is -0.150. The maximum Gasteiger partial charge on any atom is 0.408 e. The molecule has 8 aromatic rings. The summed E-state index contributed by atoms with van der Waals surface area (Å²) in [6, 6.07) is 11.4. The van der Waals surface area contributed by atoms with Gasteiger partial charge in [-0.25, -0.2) is 37.1 Å². The lowest BCUT2D eigenvalue weighted by Crippen LogP contribution is -2.60. The molecule has 103 heavy (non-hydrogen) atoms. The van der Waals surface area contributed by atoms with Crippen molar-refractivity contribution < 1.29 is 98.3 Å². The van der Waals surface area contributed by atoms with Gasteiger partial charge >= 0.3 is 30.2 Å². The summed E-state index contributed by atoms with van der Waals surface area (Å²) in [5.41, 5.74) is -1.35. The molecule has 3 unspecified atom stereocenters. The molecule has 9 heterocycles. The number of fused-ring (bicyclic) bond motifs is 5. The number of nitrogens with zero attached hydrogens (tertiary/aromatic N) is 5. The molecule has 0 radical (unpaired) electrons. The molecule has 1 fully saturated rings. The van der Waals surface area contributed by atoms with Crippen molar-refractivity contribution in [1.82, 2.24) is 50.9 Å². The molecular weight excluding hydrogens is 1810 g/mol. The first kappa shape index (κ1) is 77.6. The smallest absolute Gasteiger partial charge is 0.408 e. The summed E-state index contributed by atoms with van der Waals surface area (Å²) in [7, 11) is 8.33. The van der Waals surface area contributed by atoms with Gasteiger partial charge < -0.3 is 67.0 Å². The minimum atomic E-state index is -2.00. The quantitative estimate of drug-likeness (QED) is 0.0211. The number of imide groups is 1. The number of nitrogens with one attached hydrogen (secondary N) is 5. The number of esters is 2. The Balaban J connectivity index is 0.000000169. The topological polar surface area (TPSA) is 361 Å². The van der Waals surface area contributed by atoms with Crippen molar-refractivity contribution in [3.8, 4) is 29.6 Å². The minimum Gasteiger partial charge on any atom is -0.494 e. The number of alkyl carbamates (subject to hydrolysis) is 2. The number of H-pyrrole nitrogens is 1. The van der Waals surface area contributed by atoms with E-state index >= 15 is 0 Å². The molecular formula is C67H59F3I4N10O19. The number of aromatic nitrogens is 3. The van der Waals surface area contributed by atoms with Gasteiger partial charge in [0.15, 0.2) is 51.4 Å². The second kappa shape index (κ2) is 31.6. The van der Waals surface area contributed by atoms with Crippen molar-refractivity contribution in [1.29, 1.82) is 0 Å². The number of aromatic amines is 1. The summed E-state index contributed by atoms with van der Waals surface area (Å²) < 4.78 is 92.8. The minimum absolute atomic E-state index is 0.00163. The first-order valence-electron chi connectivity index (χ1n) is 30.0. The van der Waals surface area contributed by atoms with Crippen LogP contribution in [0.2, 0.25) is 0 Å². The van der Waals surface area contributed by atoms with Gasteiger partial charge in [0, 0.05) is 54.7 Å². The number of benzene rings is 3. The van der Waals surface area contributed by atoms with Crippen molar-refractivity contribution in [2.24, 2.45) is 0 Å². The standard InChI is InChI=1S/C23H21FIN3O7.C21H16FIN4O5.C17H17FN2O6.C6H5I2NO/c1-11-18(25)19-13(8-26-11)7-15(35-19)23(21(30)33-3,27-22(31)34-4)10-28-9-12-5-6-14(32-2)17(24)16(12)20(28)29;1-9-16(23)17-11(6-24-9)5-13(32-17)21(19(29)25-20(30)26-21)8-27-7-10-3-4-12(31-2)15(22)14(10)18(27)28;1-5-17(15(22)25-3,19-16(23)26-4)9-20-8-10-6-7-11(24-2)13(18)12(10)14(20)21;1-3-5(8)6(10)4(7)2-9-3/h5-8H,9-10H2,1-4H3,(H,27,31);3-6H,7-8H2,1-2H3,(H2,25,26,29,30);1,6-7H,8-9H2,2-4H3,(H,19,23);2H,1H3,(H,9,10). The van der Waals surface area contributed by atoms with Crippen molar-refractivity contribution in [3.05, 3.63) is 171 Å². The molecule has 540 valence electrons. The van der Waals surface area contributed by atoms with Gasteiger partial charge in [0.05, 0.1) is 112 Å². The number of hydrogen-bond acceptors (Lipinski definition) is 21. The largest absolute Gasteiger partial charge is 0.494 e. The van der Waals surface area contributed by atoms with Gasteiger partial charge in [-0.1, -0.05) is 24.1 Å². The average Bonchev–Trinajstić information content (AvgIpc) is 1.60. The van der Waals surface area contributed by atoms with Gasteiger partial charge in [0.25, 0.3) is 23.6 Å². The third kappa shape index (κ3) is 14.9. The first-order valence-corrected chi connectivity index (χ1v) is 34.3. The fraction of sp³-hybridized carbons (Fsp3) is 0.284. The van der Waals surface area contributed by atoms with E-state index in [1.54, 1.807) is 49.8 Å². The number of urea groups is 1. The number of halogens is 7. The van der Waals surface area contributed by atoms with Crippen LogP contribution in [0.1, 0.15) is 76.4 Å². The molecule has 0 saturated carbocycles. The molecule has 29 nitrogen and oxygen atoms in total. The number of methoxy groups -OCH3 is 7. The van der Waals surface area contributed by atoms with Crippen LogP contribution >= 0.6 is 90.4 Å². The number of terminal acetylenes is 1. The van der Waals surface area contributed by atoms with Crippen molar-refractivity contribution >= 4 is 166 Å². The highest BCUT2D eigenvalue weighted by Crippen LogP contribution is 2.40. The number of hydrogen-bond donors (Lipinski definition) is 5. The molecule has 5 aromatic heterocycles. The molecule has 0 aliphatic carbocycles. The third-order valence-corrected chi connectivity index (χ3v) is 21.4. The second-order valence-corrected chi connectivity index (χ2v) is 27.2. The van der Waals surface area contributed by atoms with Crippen LogP contribution in [-0.4, -0.2) is 158 Å². The Labute approximate surface area is 637 Å². The summed E-state index contributed by atoms with van der Waals surface area (Å²) in [4.78, 5) is 140. The molecule has 3 atom stereocenters. The molecule has 12 rings (SSSR count). The predicted octanol–water partition coefficient (Wildman–Crippen LogP) is 8.43. The second-order valence-electron chi connectivity index (χ2n) is 22.8. The van der Waals surface area contributed by atoms with Crippen molar-refractivity contribution in [3.63, 3.8) is 0 Å². The van der Waals surface area contributed by atoms with E-state index in [0.717, 1.165) is 55.4 Å². The zero-order valence-corrected chi connectivity index (χ0v) is 64.4. The van der Waals surface area contributed by atoms with Gasteiger partial charge in [0.1, 0.15) is 11.5 Å². The highest BCUT2D eigenvalue weighted by atomic mass is 127. The number of pyridine rings is 3. The van der Waals surface area contributed by atoms with Crippen LogP contribution in [0.15, 0.2) is 80.8 Å². The Morgan fingerprint density at radius 2 is 1.08 bits per heavy atom. The Morgan fingerprint density at radius 1 is 0.621 bits per heavy atom. The zero-order valence-electron chi connectivity index (χ0n) is 55.8. The van der Waals surface area contributed by atoms with E-state index < -0.39 is 101 Å². The SMILES string of the molecule is C#CC(CN1Cc2ccc(OC)c(F)c2C1=O)(NC(=O)OC)C(=O)OC.COC(=O)NC(CN1Cc2ccc(OC)c(F)c2C1=O)(C(=O)OC)c1cc2cnc(C)c(I)c2o1.COc1ccc2c(c1F)C(=O)N(CC1(c3cc4cnc(C)c(I)c4o3)NC(=O)NC1=O)C2.Cc1[nH]cc(I)c(=O)c1I. The van der Waals surface area contributed by atoms with Gasteiger partial charge in [-0.15, -0.1) is 6.42 Å². The van der Waals surface area contributed by atoms with Crippen LogP contribution in [0.25, 0.3) is 21.9 Å². The molecule has 3 aromatic carbocycles. The van der Waals surface area contributed by atoms with E-state index in [0.29, 0.717) is 47.9 Å². The number of aryl methyl sites for hydroxylation is 3. The maximum atomic E-state index is 14.9. The van der Waals surface area contributed by atoms with Crippen LogP contribution in [0.5, 0.6) is 17.2 Å². The molecule has 4 aliphatic rings. The monoisotopic (exact) mass is 1870 g/mol. The van der Waals surface area contributed by atoms with Gasteiger partial charge in [-0.3, -0.25) is 49.9 Å². The summed E-state index contributed by atoms with van der Waals surface area (Å²) >= 11 is 8.22. The van der Waals surface area contributed by atoms with Crippen LogP contribution in [0, 0.1) is 64.8 Å². The van der Waals surface area contributed by atoms with E-state index in [-0.39, 0.29) is 77.1 Å². The van der Waals surface area contributed by atoms with Gasteiger partial charge in [-0.05, 0) is 158 Å². The molecule has 5 N–H and O–H groups in total. The number of rotatable bonds is 15. The van der Waals surface area contributed by atoms with E-state index in [4.69, 9.17) is 38.9 Å². The van der Waals surface area contributed by atoms with Crippen molar-refractivity contribution in [2.45, 2.75) is 57.0 Å².